The van der Waals surface area contributed by atoms with Gasteiger partial charge in [-0.1, -0.05) is 62.4 Å². The number of hydrogen-bond acceptors (Lipinski definition) is 3. The molecule has 5 rings (SSSR count). The molecule has 3 N–H and O–H groups in total. The molecule has 0 spiro atoms. The first-order chi connectivity index (χ1) is 18.8. The van der Waals surface area contributed by atoms with Gasteiger partial charge in [-0.3, -0.25) is 9.59 Å². The average Bonchev–Trinajstić information content (AvgIpc) is 3.43. The van der Waals surface area contributed by atoms with E-state index in [1.807, 2.05) is 25.1 Å². The summed E-state index contributed by atoms with van der Waals surface area (Å²) < 4.78 is 13.3. The van der Waals surface area contributed by atoms with E-state index >= 15 is 0 Å². The minimum absolute atomic E-state index is 0.155. The van der Waals surface area contributed by atoms with E-state index in [1.165, 1.54) is 12.1 Å². The zero-order chi connectivity index (χ0) is 27.5. The Morgan fingerprint density at radius 2 is 1.59 bits per heavy atom. The first kappa shape index (κ1) is 25.9. The van der Waals surface area contributed by atoms with Crippen molar-refractivity contribution in [1.29, 1.82) is 0 Å². The van der Waals surface area contributed by atoms with Gasteiger partial charge >= 0.3 is 0 Å². The molecule has 5 aromatic rings. The molecule has 0 aliphatic carbocycles. The Kier molecular flexibility index (Phi) is 7.23. The van der Waals surface area contributed by atoms with Gasteiger partial charge < -0.3 is 15.6 Å². The third-order valence-corrected chi connectivity index (χ3v) is 6.60. The zero-order valence-electron chi connectivity index (χ0n) is 22.0. The number of nitrogens with zero attached hydrogens (tertiary/aromatic N) is 1. The number of H-pyrrole nitrogens is 1. The first-order valence-corrected chi connectivity index (χ1v) is 12.8. The molecule has 0 saturated carbocycles. The van der Waals surface area contributed by atoms with Crippen molar-refractivity contribution in [1.82, 2.24) is 15.3 Å². The smallest absolute Gasteiger partial charge is 0.251 e. The van der Waals surface area contributed by atoms with Crippen LogP contribution in [0.4, 0.5) is 10.1 Å². The highest BCUT2D eigenvalue weighted by Gasteiger charge is 2.17. The predicted molar refractivity (Wildman–Crippen MR) is 153 cm³/mol. The lowest BCUT2D eigenvalue weighted by Crippen LogP contribution is -2.27. The summed E-state index contributed by atoms with van der Waals surface area (Å²) in [5.74, 6) is -0.341. The average molecular weight is 521 g/mol. The lowest BCUT2D eigenvalue weighted by Gasteiger charge is -2.16. The Morgan fingerprint density at radius 1 is 0.846 bits per heavy atom. The second kappa shape index (κ2) is 10.9. The molecule has 1 aromatic heterocycles. The number of carbonyl (C=O) groups excluding carboxylic acids is 2. The van der Waals surface area contributed by atoms with Gasteiger partial charge in [0.1, 0.15) is 11.6 Å². The molecule has 2 amide bonds. The Bertz CT molecular complexity index is 1660. The van der Waals surface area contributed by atoms with Gasteiger partial charge in [0.05, 0.1) is 11.7 Å². The minimum atomic E-state index is -0.347. The van der Waals surface area contributed by atoms with Gasteiger partial charge in [0.15, 0.2) is 0 Å². The Morgan fingerprint density at radius 3 is 2.33 bits per heavy atom. The van der Waals surface area contributed by atoms with Gasteiger partial charge in [0.25, 0.3) is 5.91 Å². The number of halogens is 1. The number of fused-ring (bicyclic) bond motifs is 1. The lowest BCUT2D eigenvalue weighted by atomic mass is 10.0. The molecule has 0 saturated heterocycles. The molecule has 39 heavy (non-hydrogen) atoms. The van der Waals surface area contributed by atoms with E-state index < -0.39 is 0 Å². The topological polar surface area (TPSA) is 86.9 Å². The van der Waals surface area contributed by atoms with Crippen LogP contribution < -0.4 is 10.6 Å². The maximum atomic E-state index is 13.3. The highest BCUT2D eigenvalue weighted by Crippen LogP contribution is 2.28. The van der Waals surface area contributed by atoms with Gasteiger partial charge in [-0.05, 0) is 59.7 Å². The van der Waals surface area contributed by atoms with E-state index in [9.17, 15) is 14.0 Å². The molecule has 0 aliphatic heterocycles. The number of rotatable bonds is 7. The fourth-order valence-corrected chi connectivity index (χ4v) is 4.33. The van der Waals surface area contributed by atoms with Crippen LogP contribution in [0.3, 0.4) is 0 Å². The quantitative estimate of drug-likeness (QED) is 0.213. The maximum Gasteiger partial charge on any atom is 0.251 e. The summed E-state index contributed by atoms with van der Waals surface area (Å²) in [7, 11) is 0. The van der Waals surface area contributed by atoms with Crippen LogP contribution in [0.5, 0.6) is 0 Å². The summed E-state index contributed by atoms with van der Waals surface area (Å²) in [4.78, 5) is 33.8. The van der Waals surface area contributed by atoms with Crippen LogP contribution in [0.2, 0.25) is 0 Å². The monoisotopic (exact) mass is 520 g/mol. The normalized spacial score (nSPS) is 11.9. The van der Waals surface area contributed by atoms with Crippen molar-refractivity contribution in [2.24, 2.45) is 5.92 Å². The second-order valence-corrected chi connectivity index (χ2v) is 9.89. The number of benzene rings is 4. The van der Waals surface area contributed by atoms with E-state index in [4.69, 9.17) is 4.98 Å². The summed E-state index contributed by atoms with van der Waals surface area (Å²) in [6, 6.07) is 25.1. The molecule has 0 radical (unpaired) electrons. The van der Waals surface area contributed by atoms with Crippen LogP contribution in [0.25, 0.3) is 33.4 Å². The molecule has 0 unspecified atom stereocenters. The summed E-state index contributed by atoms with van der Waals surface area (Å²) in [6.07, 6.45) is 1.79. The van der Waals surface area contributed by atoms with Gasteiger partial charge in [-0.2, -0.15) is 0 Å². The van der Waals surface area contributed by atoms with E-state index in [-0.39, 0.29) is 29.6 Å². The van der Waals surface area contributed by atoms with Crippen LogP contribution in [0, 0.1) is 11.7 Å². The molecule has 1 atom stereocenters. The first-order valence-electron chi connectivity index (χ1n) is 12.8. The van der Waals surface area contributed by atoms with Crippen molar-refractivity contribution in [3.05, 3.63) is 108 Å². The van der Waals surface area contributed by atoms with Gasteiger partial charge in [-0.15, -0.1) is 0 Å². The van der Waals surface area contributed by atoms with Crippen LogP contribution in [-0.4, -0.2) is 21.8 Å². The number of aromatic nitrogens is 2. The second-order valence-electron chi connectivity index (χ2n) is 9.89. The van der Waals surface area contributed by atoms with E-state index in [0.29, 0.717) is 28.3 Å². The number of carbonyl (C=O) groups is 2. The Labute approximate surface area is 226 Å². The van der Waals surface area contributed by atoms with Crippen LogP contribution in [0.1, 0.15) is 42.7 Å². The summed E-state index contributed by atoms with van der Waals surface area (Å²) in [5, 5.41) is 8.11. The number of amides is 2. The molecule has 7 heteroatoms. The third kappa shape index (κ3) is 5.88. The SMILES string of the molecule is CC(C)C(=O)Nc1cc(C(=O)N[C@H](C)c2ccc(F)cc2)cc(-c2c[nH]c(-c3ccc4ccccc4c3)n2)c1. The van der Waals surface area contributed by atoms with Gasteiger partial charge in [0.2, 0.25) is 5.91 Å². The van der Waals surface area contributed by atoms with Crippen molar-refractivity contribution in [2.45, 2.75) is 26.8 Å². The number of hydrogen-bond donors (Lipinski definition) is 3. The van der Waals surface area contributed by atoms with Crippen molar-refractivity contribution in [2.75, 3.05) is 5.32 Å². The van der Waals surface area contributed by atoms with Crippen molar-refractivity contribution in [3.63, 3.8) is 0 Å². The highest BCUT2D eigenvalue weighted by molar-refractivity contribution is 5.99. The Balaban J connectivity index is 1.47. The summed E-state index contributed by atoms with van der Waals surface area (Å²) >= 11 is 0. The van der Waals surface area contributed by atoms with Crippen LogP contribution >= 0.6 is 0 Å². The molecule has 1 heterocycles. The highest BCUT2D eigenvalue weighted by atomic mass is 19.1. The van der Waals surface area contributed by atoms with E-state index in [0.717, 1.165) is 21.9 Å². The number of imidazole rings is 1. The molecular formula is C32H29FN4O2. The van der Waals surface area contributed by atoms with Crippen molar-refractivity contribution < 1.29 is 14.0 Å². The molecule has 0 aliphatic rings. The summed E-state index contributed by atoms with van der Waals surface area (Å²) in [6.45, 7) is 5.45. The van der Waals surface area contributed by atoms with Crippen LogP contribution in [-0.2, 0) is 4.79 Å². The molecule has 4 aromatic carbocycles. The lowest BCUT2D eigenvalue weighted by molar-refractivity contribution is -0.118. The van der Waals surface area contributed by atoms with E-state index in [2.05, 4.69) is 39.9 Å². The number of nitrogens with one attached hydrogen (secondary N) is 3. The Hall–Kier alpha value is -4.78. The standard InChI is InChI=1S/C32H29FN4O2/c1-19(2)31(38)36-28-16-25(15-26(17-28)32(39)35-20(3)21-10-12-27(33)13-11-21)29-18-34-30(37-29)24-9-8-22-6-4-5-7-23(22)14-24/h4-20H,1-3H3,(H,34,37)(H,35,39)(H,36,38)/t20-/m1/s1. The van der Waals surface area contributed by atoms with Crippen LogP contribution in [0.15, 0.2) is 91.1 Å². The van der Waals surface area contributed by atoms with Crippen molar-refractivity contribution >= 4 is 28.3 Å². The van der Waals surface area contributed by atoms with Gasteiger partial charge in [-0.25, -0.2) is 9.37 Å². The number of aromatic amines is 1. The van der Waals surface area contributed by atoms with Gasteiger partial charge in [0, 0.05) is 34.5 Å². The molecule has 6 nitrogen and oxygen atoms in total. The molecule has 0 fully saturated rings. The third-order valence-electron chi connectivity index (χ3n) is 6.60. The maximum absolute atomic E-state index is 13.3. The fourth-order valence-electron chi connectivity index (χ4n) is 4.33. The van der Waals surface area contributed by atoms with E-state index in [1.54, 1.807) is 50.4 Å². The molecular weight excluding hydrogens is 491 g/mol. The largest absolute Gasteiger partial charge is 0.346 e. The fraction of sp³-hybridized carbons (Fsp3) is 0.156. The molecule has 0 bridgehead atoms. The summed E-state index contributed by atoms with van der Waals surface area (Å²) in [5.41, 5.74) is 3.91. The minimum Gasteiger partial charge on any atom is -0.346 e. The van der Waals surface area contributed by atoms with Crippen molar-refractivity contribution in [3.8, 4) is 22.6 Å². The molecule has 196 valence electrons. The number of anilines is 1. The predicted octanol–water partition coefficient (Wildman–Crippen LogP) is 7.12. The zero-order valence-corrected chi connectivity index (χ0v) is 22.0.